The van der Waals surface area contributed by atoms with Gasteiger partial charge >= 0.3 is 5.97 Å². The Morgan fingerprint density at radius 1 is 1.25 bits per heavy atom. The van der Waals surface area contributed by atoms with Gasteiger partial charge in [-0.05, 0) is 31.5 Å². The van der Waals surface area contributed by atoms with Crippen LogP contribution in [0.25, 0.3) is 0 Å². The zero-order chi connectivity index (χ0) is 17.0. The summed E-state index contributed by atoms with van der Waals surface area (Å²) in [7, 11) is 0. The first kappa shape index (κ1) is 16.2. The van der Waals surface area contributed by atoms with Gasteiger partial charge in [0.15, 0.2) is 0 Å². The lowest BCUT2D eigenvalue weighted by Gasteiger charge is -2.33. The van der Waals surface area contributed by atoms with Crippen molar-refractivity contribution >= 4 is 11.7 Å². The maximum atomic E-state index is 12.1. The maximum absolute atomic E-state index is 12.1. The molecule has 1 aliphatic rings. The second-order valence-corrected chi connectivity index (χ2v) is 6.42. The number of carbonyl (C=O) groups excluding carboxylic acids is 1. The molecule has 0 N–H and O–H groups in total. The van der Waals surface area contributed by atoms with E-state index >= 15 is 0 Å². The molecule has 1 unspecified atom stereocenters. The number of oxime groups is 1. The molecule has 0 fully saturated rings. The van der Waals surface area contributed by atoms with E-state index in [4.69, 9.17) is 9.57 Å². The summed E-state index contributed by atoms with van der Waals surface area (Å²) >= 11 is 0. The van der Waals surface area contributed by atoms with Crippen molar-refractivity contribution in [3.63, 3.8) is 0 Å². The van der Waals surface area contributed by atoms with Crippen molar-refractivity contribution in [3.8, 4) is 0 Å². The average Bonchev–Trinajstić information content (AvgIpc) is 2.61. The van der Waals surface area contributed by atoms with E-state index in [0.717, 1.165) is 17.7 Å². The molecule has 3 rings (SSSR count). The third kappa shape index (κ3) is 3.79. The number of hydrogen-bond donors (Lipinski definition) is 0. The normalized spacial score (nSPS) is 19.1. The quantitative estimate of drug-likeness (QED) is 0.807. The number of carbonyl (C=O) groups is 1. The number of nitrogens with zero attached hydrogens (tertiary/aromatic N) is 2. The summed E-state index contributed by atoms with van der Waals surface area (Å²) in [6.07, 6.45) is 3.88. The Morgan fingerprint density at radius 3 is 2.75 bits per heavy atom. The minimum atomic E-state index is -0.414. The van der Waals surface area contributed by atoms with Gasteiger partial charge in [0.05, 0.1) is 5.56 Å². The molecule has 1 aliphatic heterocycles. The molecule has 5 nitrogen and oxygen atoms in total. The Hall–Kier alpha value is -2.69. The number of hydrogen-bond acceptors (Lipinski definition) is 5. The van der Waals surface area contributed by atoms with Gasteiger partial charge in [-0.2, -0.15) is 0 Å². The highest BCUT2D eigenvalue weighted by Gasteiger charge is 2.34. The summed E-state index contributed by atoms with van der Waals surface area (Å²) in [5.41, 5.74) is 1.94. The standard InChI is InChI=1S/C19H20N2O3/c1-19(2)11-16(14-7-4-3-5-8-14)17(21-24-19)13-23-18(22)15-9-6-10-20-12-15/h3-10,12,16H,11,13H2,1-2H3. The Morgan fingerprint density at radius 2 is 2.04 bits per heavy atom. The Balaban J connectivity index is 1.75. The zero-order valence-electron chi connectivity index (χ0n) is 13.8. The van der Waals surface area contributed by atoms with E-state index in [1.165, 1.54) is 6.20 Å². The van der Waals surface area contributed by atoms with Crippen LogP contribution in [0, 0.1) is 0 Å². The van der Waals surface area contributed by atoms with E-state index in [0.29, 0.717) is 5.56 Å². The van der Waals surface area contributed by atoms with E-state index in [2.05, 4.69) is 22.3 Å². The van der Waals surface area contributed by atoms with Crippen LogP contribution in [0.4, 0.5) is 0 Å². The molecule has 1 atom stereocenters. The van der Waals surface area contributed by atoms with E-state index in [1.54, 1.807) is 18.3 Å². The first-order valence-electron chi connectivity index (χ1n) is 7.92. The minimum absolute atomic E-state index is 0.0663. The minimum Gasteiger partial charge on any atom is -0.456 e. The molecular weight excluding hydrogens is 304 g/mol. The third-order valence-electron chi connectivity index (χ3n) is 3.96. The van der Waals surface area contributed by atoms with Crippen LogP contribution in [0.15, 0.2) is 60.0 Å². The van der Waals surface area contributed by atoms with E-state index in [9.17, 15) is 4.79 Å². The van der Waals surface area contributed by atoms with E-state index in [1.807, 2.05) is 32.0 Å². The fraction of sp³-hybridized carbons (Fsp3) is 0.316. The van der Waals surface area contributed by atoms with Gasteiger partial charge in [-0.15, -0.1) is 0 Å². The van der Waals surface area contributed by atoms with Crippen LogP contribution in [-0.4, -0.2) is 28.9 Å². The molecule has 2 heterocycles. The molecule has 24 heavy (non-hydrogen) atoms. The summed E-state index contributed by atoms with van der Waals surface area (Å²) in [6.45, 7) is 4.11. The SMILES string of the molecule is CC1(C)CC(c2ccccc2)C(COC(=O)c2cccnc2)=NO1. The zero-order valence-corrected chi connectivity index (χ0v) is 13.8. The molecule has 0 saturated heterocycles. The number of ether oxygens (including phenoxy) is 1. The van der Waals surface area contributed by atoms with Crippen molar-refractivity contribution < 1.29 is 14.4 Å². The second kappa shape index (κ2) is 6.83. The highest BCUT2D eigenvalue weighted by molar-refractivity contribution is 5.95. The second-order valence-electron chi connectivity index (χ2n) is 6.42. The Labute approximate surface area is 141 Å². The van der Waals surface area contributed by atoms with Crippen molar-refractivity contribution in [2.45, 2.75) is 31.8 Å². The molecule has 0 aliphatic carbocycles. The van der Waals surface area contributed by atoms with Crippen LogP contribution < -0.4 is 0 Å². The molecule has 1 aromatic heterocycles. The van der Waals surface area contributed by atoms with Crippen LogP contribution in [0.2, 0.25) is 0 Å². The van der Waals surface area contributed by atoms with Gasteiger partial charge < -0.3 is 9.57 Å². The summed E-state index contributed by atoms with van der Waals surface area (Å²) in [6, 6.07) is 13.5. The van der Waals surface area contributed by atoms with Gasteiger partial charge in [0.1, 0.15) is 17.9 Å². The lowest BCUT2D eigenvalue weighted by atomic mass is 9.84. The monoisotopic (exact) mass is 324 g/mol. The molecule has 1 aromatic carbocycles. The van der Waals surface area contributed by atoms with Crippen LogP contribution in [0.3, 0.4) is 0 Å². The van der Waals surface area contributed by atoms with Gasteiger partial charge in [0.25, 0.3) is 0 Å². The van der Waals surface area contributed by atoms with Crippen molar-refractivity contribution in [2.75, 3.05) is 6.61 Å². The molecule has 124 valence electrons. The van der Waals surface area contributed by atoms with Crippen molar-refractivity contribution in [1.82, 2.24) is 4.98 Å². The third-order valence-corrected chi connectivity index (χ3v) is 3.96. The molecule has 5 heteroatoms. The molecule has 0 bridgehead atoms. The molecule has 2 aromatic rings. The average molecular weight is 324 g/mol. The Kier molecular flexibility index (Phi) is 4.60. The van der Waals surface area contributed by atoms with Crippen molar-refractivity contribution in [1.29, 1.82) is 0 Å². The van der Waals surface area contributed by atoms with E-state index < -0.39 is 5.97 Å². The van der Waals surface area contributed by atoms with Crippen molar-refractivity contribution in [3.05, 3.63) is 66.0 Å². The van der Waals surface area contributed by atoms with Gasteiger partial charge in [-0.25, -0.2) is 4.79 Å². The smallest absolute Gasteiger partial charge is 0.340 e. The lowest BCUT2D eigenvalue weighted by Crippen LogP contribution is -2.35. The predicted octanol–water partition coefficient (Wildman–Crippen LogP) is 3.58. The van der Waals surface area contributed by atoms with Crippen LogP contribution in [0.1, 0.15) is 42.1 Å². The molecule has 0 radical (unpaired) electrons. The van der Waals surface area contributed by atoms with Gasteiger partial charge in [-0.1, -0.05) is 35.5 Å². The summed E-state index contributed by atoms with van der Waals surface area (Å²) in [4.78, 5) is 21.6. The van der Waals surface area contributed by atoms with Crippen LogP contribution in [0.5, 0.6) is 0 Å². The highest BCUT2D eigenvalue weighted by atomic mass is 16.7. The maximum Gasteiger partial charge on any atom is 0.340 e. The van der Waals surface area contributed by atoms with Gasteiger partial charge in [-0.3, -0.25) is 4.98 Å². The van der Waals surface area contributed by atoms with Crippen LogP contribution >= 0.6 is 0 Å². The molecule has 0 spiro atoms. The molecule has 0 amide bonds. The highest BCUT2D eigenvalue weighted by Crippen LogP contribution is 2.34. The number of benzene rings is 1. The molecular formula is C19H20N2O3. The van der Waals surface area contributed by atoms with E-state index in [-0.39, 0.29) is 18.1 Å². The first-order valence-corrected chi connectivity index (χ1v) is 7.92. The van der Waals surface area contributed by atoms with Gasteiger partial charge in [0, 0.05) is 24.7 Å². The fourth-order valence-corrected chi connectivity index (χ4v) is 2.72. The fourth-order valence-electron chi connectivity index (χ4n) is 2.72. The summed E-state index contributed by atoms with van der Waals surface area (Å²) in [5.74, 6) is -0.348. The predicted molar refractivity (Wildman–Crippen MR) is 90.9 cm³/mol. The summed E-state index contributed by atoms with van der Waals surface area (Å²) < 4.78 is 5.40. The number of esters is 1. The Bertz CT molecular complexity index is 727. The van der Waals surface area contributed by atoms with Gasteiger partial charge in [0.2, 0.25) is 0 Å². The molecule has 0 saturated carbocycles. The lowest BCUT2D eigenvalue weighted by molar-refractivity contribution is -0.0346. The topological polar surface area (TPSA) is 60.8 Å². The largest absolute Gasteiger partial charge is 0.456 e. The summed E-state index contributed by atoms with van der Waals surface area (Å²) in [5, 5.41) is 4.23. The number of pyridine rings is 1. The van der Waals surface area contributed by atoms with Crippen LogP contribution in [-0.2, 0) is 9.57 Å². The number of rotatable bonds is 4. The van der Waals surface area contributed by atoms with Crippen molar-refractivity contribution in [2.24, 2.45) is 5.16 Å². The number of aromatic nitrogens is 1. The first-order chi connectivity index (χ1) is 11.6.